The van der Waals surface area contributed by atoms with Crippen molar-refractivity contribution in [2.45, 2.75) is 32.4 Å². The van der Waals surface area contributed by atoms with Gasteiger partial charge in [0.15, 0.2) is 12.0 Å². The second kappa shape index (κ2) is 7.44. The highest BCUT2D eigenvalue weighted by Crippen LogP contribution is 2.37. The molecular weight excluding hydrogens is 340 g/mol. The Morgan fingerprint density at radius 3 is 1.85 bits per heavy atom. The lowest BCUT2D eigenvalue weighted by Crippen LogP contribution is -2.66. The van der Waals surface area contributed by atoms with Crippen LogP contribution in [0.1, 0.15) is 37.1 Å². The minimum absolute atomic E-state index is 0.0875. The van der Waals surface area contributed by atoms with Gasteiger partial charge in [0.05, 0.1) is 6.61 Å². The van der Waals surface area contributed by atoms with Gasteiger partial charge in [-0.2, -0.15) is 0 Å². The van der Waals surface area contributed by atoms with Gasteiger partial charge < -0.3 is 8.84 Å². The number of carbonyl (C=O) groups excluding carboxylic acids is 1. The van der Waals surface area contributed by atoms with Crippen LogP contribution in [0.5, 0.6) is 0 Å². The van der Waals surface area contributed by atoms with Crippen molar-refractivity contribution in [3.05, 3.63) is 84.3 Å². The Bertz CT molecular complexity index is 808. The molecule has 0 unspecified atom stereocenters. The van der Waals surface area contributed by atoms with Crippen molar-refractivity contribution in [1.29, 1.82) is 0 Å². The van der Waals surface area contributed by atoms with Crippen molar-refractivity contribution in [3.63, 3.8) is 0 Å². The van der Waals surface area contributed by atoms with E-state index in [2.05, 4.69) is 69.3 Å². The third-order valence-corrected chi connectivity index (χ3v) is 9.63. The number of rotatable bonds is 6. The summed E-state index contributed by atoms with van der Waals surface area (Å²) >= 11 is 0. The molecule has 0 radical (unpaired) electrons. The molecular formula is C22H24O3Si. The number of carbonyl (C=O) groups is 1. The zero-order valence-electron chi connectivity index (χ0n) is 15.4. The van der Waals surface area contributed by atoms with Crippen molar-refractivity contribution < 1.29 is 13.6 Å². The molecule has 0 aliphatic carbocycles. The number of hydrogen-bond donors (Lipinski definition) is 0. The van der Waals surface area contributed by atoms with E-state index in [9.17, 15) is 4.79 Å². The standard InChI is InChI=1S/C22H24O3Si/c1-22(2,3)26(20-10-6-4-7-11-20,21-12-8-5-9-13-21)24-17-19-15-14-18(16-23)25-19/h4-16H,17H2,1-3H3. The van der Waals surface area contributed by atoms with Crippen LogP contribution in [-0.2, 0) is 11.0 Å². The van der Waals surface area contributed by atoms with Gasteiger partial charge in [-0.25, -0.2) is 0 Å². The molecule has 2 aromatic carbocycles. The first-order valence-corrected chi connectivity index (χ1v) is 10.7. The summed E-state index contributed by atoms with van der Waals surface area (Å²) in [6, 6.07) is 24.4. The van der Waals surface area contributed by atoms with Crippen LogP contribution >= 0.6 is 0 Å². The summed E-state index contributed by atoms with van der Waals surface area (Å²) in [6.45, 7) is 7.04. The van der Waals surface area contributed by atoms with E-state index in [0.717, 1.165) is 0 Å². The molecule has 0 spiro atoms. The fraction of sp³-hybridized carbons (Fsp3) is 0.227. The summed E-state index contributed by atoms with van der Waals surface area (Å²) in [5, 5.41) is 2.36. The molecule has 3 rings (SSSR count). The molecule has 0 N–H and O–H groups in total. The molecule has 0 saturated carbocycles. The highest BCUT2D eigenvalue weighted by Gasteiger charge is 2.50. The highest BCUT2D eigenvalue weighted by atomic mass is 28.4. The average molecular weight is 365 g/mol. The van der Waals surface area contributed by atoms with Gasteiger partial charge in [-0.1, -0.05) is 81.4 Å². The number of aldehydes is 1. The normalized spacial score (nSPS) is 12.1. The van der Waals surface area contributed by atoms with Crippen molar-refractivity contribution in [3.8, 4) is 0 Å². The summed E-state index contributed by atoms with van der Waals surface area (Å²) in [6.07, 6.45) is 0.715. The van der Waals surface area contributed by atoms with Crippen molar-refractivity contribution in [2.24, 2.45) is 0 Å². The van der Waals surface area contributed by atoms with Crippen LogP contribution < -0.4 is 10.4 Å². The van der Waals surface area contributed by atoms with E-state index >= 15 is 0 Å². The lowest BCUT2D eigenvalue weighted by atomic mass is 10.2. The van der Waals surface area contributed by atoms with E-state index in [1.165, 1.54) is 10.4 Å². The molecule has 0 aliphatic heterocycles. The summed E-state index contributed by atoms with van der Waals surface area (Å²) in [7, 11) is -2.58. The van der Waals surface area contributed by atoms with E-state index in [1.807, 2.05) is 18.2 Å². The maximum atomic E-state index is 10.9. The van der Waals surface area contributed by atoms with Crippen LogP contribution in [-0.4, -0.2) is 14.6 Å². The van der Waals surface area contributed by atoms with E-state index < -0.39 is 8.32 Å². The molecule has 1 aromatic heterocycles. The Labute approximate surface area is 155 Å². The topological polar surface area (TPSA) is 39.4 Å². The predicted octanol–water partition coefficient (Wildman–Crippen LogP) is 4.17. The van der Waals surface area contributed by atoms with E-state index in [-0.39, 0.29) is 5.04 Å². The Morgan fingerprint density at radius 1 is 0.885 bits per heavy atom. The van der Waals surface area contributed by atoms with Gasteiger partial charge in [-0.3, -0.25) is 4.79 Å². The Kier molecular flexibility index (Phi) is 5.25. The second-order valence-corrected chi connectivity index (χ2v) is 11.7. The predicted molar refractivity (Wildman–Crippen MR) is 107 cm³/mol. The first kappa shape index (κ1) is 18.4. The van der Waals surface area contributed by atoms with Gasteiger partial charge >= 0.3 is 0 Å². The monoisotopic (exact) mass is 364 g/mol. The zero-order valence-corrected chi connectivity index (χ0v) is 16.4. The van der Waals surface area contributed by atoms with Crippen LogP contribution in [0, 0.1) is 0 Å². The van der Waals surface area contributed by atoms with Crippen LogP contribution in [0.25, 0.3) is 0 Å². The molecule has 26 heavy (non-hydrogen) atoms. The smallest absolute Gasteiger partial charge is 0.261 e. The van der Waals surface area contributed by atoms with E-state index in [4.69, 9.17) is 8.84 Å². The Balaban J connectivity index is 2.09. The summed E-state index contributed by atoms with van der Waals surface area (Å²) in [5.74, 6) is 0.992. The quantitative estimate of drug-likeness (QED) is 0.487. The zero-order chi connectivity index (χ0) is 18.6. The van der Waals surface area contributed by atoms with Gasteiger partial charge in [-0.05, 0) is 27.5 Å². The third kappa shape index (κ3) is 3.43. The lowest BCUT2D eigenvalue weighted by Gasteiger charge is -2.42. The first-order valence-electron chi connectivity index (χ1n) is 8.76. The summed E-state index contributed by atoms with van der Waals surface area (Å²) in [4.78, 5) is 10.9. The van der Waals surface area contributed by atoms with Crippen molar-refractivity contribution in [1.82, 2.24) is 0 Å². The minimum Gasteiger partial charge on any atom is -0.456 e. The summed E-state index contributed by atoms with van der Waals surface area (Å²) < 4.78 is 12.3. The van der Waals surface area contributed by atoms with Crippen molar-refractivity contribution in [2.75, 3.05) is 0 Å². The van der Waals surface area contributed by atoms with Gasteiger partial charge in [0, 0.05) is 0 Å². The van der Waals surface area contributed by atoms with Gasteiger partial charge in [0.2, 0.25) is 0 Å². The SMILES string of the molecule is CC(C)(C)[Si](OCc1ccc(C=O)o1)(c1ccccc1)c1ccccc1. The van der Waals surface area contributed by atoms with Crippen molar-refractivity contribution >= 4 is 25.0 Å². The van der Waals surface area contributed by atoms with Crippen LogP contribution in [0.15, 0.2) is 77.2 Å². The molecule has 4 heteroatoms. The first-order chi connectivity index (χ1) is 12.5. The maximum Gasteiger partial charge on any atom is 0.261 e. The van der Waals surface area contributed by atoms with E-state index in [0.29, 0.717) is 24.4 Å². The van der Waals surface area contributed by atoms with Gasteiger partial charge in [0.25, 0.3) is 8.32 Å². The number of hydrogen-bond acceptors (Lipinski definition) is 3. The molecule has 3 aromatic rings. The van der Waals surface area contributed by atoms with Gasteiger partial charge in [-0.15, -0.1) is 0 Å². The minimum atomic E-state index is -2.58. The molecule has 134 valence electrons. The highest BCUT2D eigenvalue weighted by molar-refractivity contribution is 6.99. The average Bonchev–Trinajstić information content (AvgIpc) is 3.11. The second-order valence-electron chi connectivity index (χ2n) is 7.37. The number of furan rings is 1. The molecule has 1 heterocycles. The van der Waals surface area contributed by atoms with Crippen LogP contribution in [0.3, 0.4) is 0 Å². The molecule has 0 atom stereocenters. The molecule has 0 bridgehead atoms. The fourth-order valence-corrected chi connectivity index (χ4v) is 7.99. The molecule has 3 nitrogen and oxygen atoms in total. The van der Waals surface area contributed by atoms with Crippen LogP contribution in [0.4, 0.5) is 0 Å². The van der Waals surface area contributed by atoms with E-state index in [1.54, 1.807) is 6.07 Å². The maximum absolute atomic E-state index is 10.9. The van der Waals surface area contributed by atoms with Gasteiger partial charge in [0.1, 0.15) is 5.76 Å². The third-order valence-electron chi connectivity index (χ3n) is 4.65. The Hall–Kier alpha value is -2.43. The molecule has 0 amide bonds. The largest absolute Gasteiger partial charge is 0.456 e. The summed E-state index contributed by atoms with van der Waals surface area (Å²) in [5.41, 5.74) is 0. The lowest BCUT2D eigenvalue weighted by molar-refractivity contribution is 0.109. The fourth-order valence-electron chi connectivity index (χ4n) is 3.48. The van der Waals surface area contributed by atoms with Crippen LogP contribution in [0.2, 0.25) is 5.04 Å². The molecule has 0 saturated heterocycles. The molecule has 0 aliphatic rings. The molecule has 0 fully saturated rings. The number of benzene rings is 2. The Morgan fingerprint density at radius 2 is 1.42 bits per heavy atom.